The molecule has 1 amide bonds. The van der Waals surface area contributed by atoms with Gasteiger partial charge in [-0.05, 0) is 37.5 Å². The minimum absolute atomic E-state index is 0.0168. The number of hydrogen-bond acceptors (Lipinski definition) is 3. The fourth-order valence-corrected chi connectivity index (χ4v) is 2.65. The number of amides is 1. The van der Waals surface area contributed by atoms with Gasteiger partial charge in [0.2, 0.25) is 5.91 Å². The Hall–Kier alpha value is -1.68. The molecule has 0 bridgehead atoms. The summed E-state index contributed by atoms with van der Waals surface area (Å²) in [5.74, 6) is 0.233. The lowest BCUT2D eigenvalue weighted by Crippen LogP contribution is -2.29. The van der Waals surface area contributed by atoms with Crippen LogP contribution in [0, 0.1) is 19.8 Å². The third-order valence-corrected chi connectivity index (χ3v) is 4.29. The van der Waals surface area contributed by atoms with E-state index in [9.17, 15) is 9.59 Å². The number of nitrogens with zero attached hydrogens (tertiary/aromatic N) is 1. The van der Waals surface area contributed by atoms with Gasteiger partial charge >= 0.3 is 0 Å². The first-order valence-electron chi connectivity index (χ1n) is 7.50. The van der Waals surface area contributed by atoms with Crippen molar-refractivity contribution in [1.29, 1.82) is 0 Å². The summed E-state index contributed by atoms with van der Waals surface area (Å²) in [6.07, 6.45) is 1.36. The van der Waals surface area contributed by atoms with Crippen molar-refractivity contribution in [3.8, 4) is 0 Å². The number of benzene rings is 1. The van der Waals surface area contributed by atoms with Crippen molar-refractivity contribution in [3.05, 3.63) is 34.9 Å². The Kier molecular flexibility index (Phi) is 5.12. The molecule has 1 unspecified atom stereocenters. The largest absolute Gasteiger partial charge is 0.396 e. The summed E-state index contributed by atoms with van der Waals surface area (Å²) in [6.45, 7) is 5.44. The molecule has 4 heteroatoms. The second kappa shape index (κ2) is 6.85. The maximum atomic E-state index is 12.1. The Bertz CT molecular complexity index is 539. The van der Waals surface area contributed by atoms with E-state index in [4.69, 9.17) is 5.11 Å². The molecule has 1 aromatic rings. The van der Waals surface area contributed by atoms with Crippen molar-refractivity contribution in [1.82, 2.24) is 4.90 Å². The highest BCUT2D eigenvalue weighted by molar-refractivity contribution is 5.98. The maximum absolute atomic E-state index is 12.1. The van der Waals surface area contributed by atoms with Crippen molar-refractivity contribution in [2.75, 3.05) is 19.7 Å². The van der Waals surface area contributed by atoms with Crippen LogP contribution in [0.1, 0.15) is 40.7 Å². The van der Waals surface area contributed by atoms with E-state index in [0.717, 1.165) is 17.5 Å². The van der Waals surface area contributed by atoms with E-state index in [0.29, 0.717) is 18.7 Å². The number of aryl methyl sites for hydroxylation is 2. The fourth-order valence-electron chi connectivity index (χ4n) is 2.65. The normalized spacial score (nSPS) is 18.0. The summed E-state index contributed by atoms with van der Waals surface area (Å²) in [4.78, 5) is 26.0. The molecule has 1 aliphatic rings. The molecule has 1 fully saturated rings. The molecule has 1 atom stereocenters. The van der Waals surface area contributed by atoms with Gasteiger partial charge in [0.25, 0.3) is 0 Å². The molecule has 1 aromatic carbocycles. The number of rotatable bonds is 5. The lowest BCUT2D eigenvalue weighted by molar-refractivity contribution is -0.130. The van der Waals surface area contributed by atoms with Crippen molar-refractivity contribution in [2.24, 2.45) is 5.92 Å². The third kappa shape index (κ3) is 3.91. The number of aliphatic hydroxyl groups is 1. The first-order valence-corrected chi connectivity index (χ1v) is 7.50. The number of hydrogen-bond donors (Lipinski definition) is 1. The molecule has 4 nitrogen and oxygen atoms in total. The van der Waals surface area contributed by atoms with E-state index in [1.165, 1.54) is 0 Å². The molecule has 0 aromatic heterocycles. The first kappa shape index (κ1) is 15.7. The summed E-state index contributed by atoms with van der Waals surface area (Å²) in [5, 5.41) is 9.09. The number of Topliss-reactive ketones (excluding diaryl/α,β-unsaturated/α-hetero) is 1. The van der Waals surface area contributed by atoms with Crippen LogP contribution in [0.25, 0.3) is 0 Å². The highest BCUT2D eigenvalue weighted by Crippen LogP contribution is 2.18. The zero-order valence-corrected chi connectivity index (χ0v) is 12.8. The predicted molar refractivity (Wildman–Crippen MR) is 81.3 cm³/mol. The van der Waals surface area contributed by atoms with E-state index >= 15 is 0 Å². The predicted octanol–water partition coefficient (Wildman–Crippen LogP) is 2.11. The molecule has 114 valence electrons. The molecule has 0 saturated carbocycles. The van der Waals surface area contributed by atoms with Crippen LogP contribution in [0.5, 0.6) is 0 Å². The molecule has 0 spiro atoms. The molecule has 0 radical (unpaired) electrons. The van der Waals surface area contributed by atoms with Gasteiger partial charge < -0.3 is 10.0 Å². The van der Waals surface area contributed by atoms with Crippen LogP contribution < -0.4 is 0 Å². The smallest absolute Gasteiger partial charge is 0.223 e. The molecule has 0 aliphatic carbocycles. The summed E-state index contributed by atoms with van der Waals surface area (Å²) < 4.78 is 0. The van der Waals surface area contributed by atoms with Crippen LogP contribution in [0.4, 0.5) is 0 Å². The van der Waals surface area contributed by atoms with Gasteiger partial charge in [-0.25, -0.2) is 0 Å². The highest BCUT2D eigenvalue weighted by Gasteiger charge is 2.25. The van der Waals surface area contributed by atoms with Crippen molar-refractivity contribution in [3.63, 3.8) is 0 Å². The van der Waals surface area contributed by atoms with Gasteiger partial charge in [-0.1, -0.05) is 12.1 Å². The van der Waals surface area contributed by atoms with Gasteiger partial charge in [0.15, 0.2) is 5.78 Å². The summed E-state index contributed by atoms with van der Waals surface area (Å²) >= 11 is 0. The lowest BCUT2D eigenvalue weighted by atomic mass is 10.0. The summed E-state index contributed by atoms with van der Waals surface area (Å²) in [6, 6.07) is 5.66. The summed E-state index contributed by atoms with van der Waals surface area (Å²) in [7, 11) is 0. The standard InChI is InChI=1S/C17H23NO3/c1-12-3-4-15(9-13(12)2)16(20)5-6-17(21)18-8-7-14(10-18)11-19/h3-4,9,14,19H,5-8,10-11H2,1-2H3. The van der Waals surface area contributed by atoms with E-state index in [-0.39, 0.29) is 37.1 Å². The Morgan fingerprint density at radius 2 is 2.00 bits per heavy atom. The summed E-state index contributed by atoms with van der Waals surface area (Å²) in [5.41, 5.74) is 2.94. The van der Waals surface area contributed by atoms with Crippen LogP contribution in [0.3, 0.4) is 0 Å². The molecule has 1 aliphatic heterocycles. The molecule has 1 N–H and O–H groups in total. The SMILES string of the molecule is Cc1ccc(C(=O)CCC(=O)N2CCC(CO)C2)cc1C. The van der Waals surface area contributed by atoms with Gasteiger partial charge in [-0.3, -0.25) is 9.59 Å². The topological polar surface area (TPSA) is 57.6 Å². The monoisotopic (exact) mass is 289 g/mol. The van der Waals surface area contributed by atoms with Gasteiger partial charge in [0, 0.05) is 44.0 Å². The van der Waals surface area contributed by atoms with Gasteiger partial charge in [0.1, 0.15) is 0 Å². The number of likely N-dealkylation sites (tertiary alicyclic amines) is 1. The van der Waals surface area contributed by atoms with Crippen LogP contribution in [-0.4, -0.2) is 41.4 Å². The molecule has 2 rings (SSSR count). The molecule has 21 heavy (non-hydrogen) atoms. The molecule has 1 heterocycles. The molecule has 1 saturated heterocycles. The minimum Gasteiger partial charge on any atom is -0.396 e. The van der Waals surface area contributed by atoms with E-state index in [1.54, 1.807) is 4.90 Å². The highest BCUT2D eigenvalue weighted by atomic mass is 16.3. The molecular weight excluding hydrogens is 266 g/mol. The van der Waals surface area contributed by atoms with Crippen molar-refractivity contribution < 1.29 is 14.7 Å². The second-order valence-electron chi connectivity index (χ2n) is 5.90. The second-order valence-corrected chi connectivity index (χ2v) is 5.90. The fraction of sp³-hybridized carbons (Fsp3) is 0.529. The zero-order chi connectivity index (χ0) is 15.4. The van der Waals surface area contributed by atoms with Gasteiger partial charge in [-0.15, -0.1) is 0 Å². The van der Waals surface area contributed by atoms with E-state index < -0.39 is 0 Å². The zero-order valence-electron chi connectivity index (χ0n) is 12.8. The average Bonchev–Trinajstić information content (AvgIpc) is 2.96. The minimum atomic E-state index is 0.0168. The van der Waals surface area contributed by atoms with Gasteiger partial charge in [-0.2, -0.15) is 0 Å². The number of ketones is 1. The number of carbonyl (C=O) groups excluding carboxylic acids is 2. The quantitative estimate of drug-likeness (QED) is 0.845. The number of carbonyl (C=O) groups is 2. The van der Waals surface area contributed by atoms with Crippen LogP contribution in [0.15, 0.2) is 18.2 Å². The Labute approximate surface area is 125 Å². The lowest BCUT2D eigenvalue weighted by Gasteiger charge is -2.15. The Morgan fingerprint density at radius 1 is 1.24 bits per heavy atom. The Balaban J connectivity index is 1.86. The third-order valence-electron chi connectivity index (χ3n) is 4.29. The number of aliphatic hydroxyl groups excluding tert-OH is 1. The van der Waals surface area contributed by atoms with Crippen molar-refractivity contribution in [2.45, 2.75) is 33.1 Å². The van der Waals surface area contributed by atoms with Crippen LogP contribution in [0.2, 0.25) is 0 Å². The van der Waals surface area contributed by atoms with Crippen LogP contribution >= 0.6 is 0 Å². The van der Waals surface area contributed by atoms with Gasteiger partial charge in [0.05, 0.1) is 0 Å². The van der Waals surface area contributed by atoms with Crippen molar-refractivity contribution >= 4 is 11.7 Å². The van der Waals surface area contributed by atoms with E-state index in [2.05, 4.69) is 0 Å². The maximum Gasteiger partial charge on any atom is 0.223 e. The first-order chi connectivity index (χ1) is 10.0. The van der Waals surface area contributed by atoms with E-state index in [1.807, 2.05) is 32.0 Å². The molecular formula is C17H23NO3. The Morgan fingerprint density at radius 3 is 2.62 bits per heavy atom. The van der Waals surface area contributed by atoms with Crippen LogP contribution in [-0.2, 0) is 4.79 Å². The average molecular weight is 289 g/mol.